The van der Waals surface area contributed by atoms with Crippen LogP contribution in [0.3, 0.4) is 0 Å². The summed E-state index contributed by atoms with van der Waals surface area (Å²) in [7, 11) is 6.88. The highest BCUT2D eigenvalue weighted by atomic mass is 19.1. The number of methoxy groups -OCH3 is 2. The van der Waals surface area contributed by atoms with Gasteiger partial charge in [0.25, 0.3) is 0 Å². The third-order valence-corrected chi connectivity index (χ3v) is 3.65. The summed E-state index contributed by atoms with van der Waals surface area (Å²) in [6.07, 6.45) is -0.543. The molecule has 0 aliphatic heterocycles. The van der Waals surface area contributed by atoms with Gasteiger partial charge in [-0.15, -0.1) is 0 Å². The zero-order valence-corrected chi connectivity index (χ0v) is 15.1. The molecule has 1 aromatic carbocycles. The van der Waals surface area contributed by atoms with Crippen LogP contribution in [0.25, 0.3) is 0 Å². The number of carbonyl (C=O) groups excluding carboxylic acids is 1. The van der Waals surface area contributed by atoms with E-state index in [1.54, 1.807) is 30.0 Å². The second-order valence-corrected chi connectivity index (χ2v) is 5.89. The summed E-state index contributed by atoms with van der Waals surface area (Å²) in [5.41, 5.74) is 0.481. The van der Waals surface area contributed by atoms with Crippen molar-refractivity contribution in [3.05, 3.63) is 35.6 Å². The van der Waals surface area contributed by atoms with Crippen LogP contribution in [-0.2, 0) is 16.0 Å². The number of halogens is 1. The van der Waals surface area contributed by atoms with Crippen LogP contribution in [0.1, 0.15) is 12.5 Å². The van der Waals surface area contributed by atoms with E-state index < -0.39 is 6.29 Å². The highest BCUT2D eigenvalue weighted by Crippen LogP contribution is 2.11. The molecule has 0 saturated carbocycles. The molecule has 7 heteroatoms. The highest BCUT2D eigenvalue weighted by Gasteiger charge is 2.22. The summed E-state index contributed by atoms with van der Waals surface area (Å²) in [4.78, 5) is 16.1. The van der Waals surface area contributed by atoms with E-state index in [0.29, 0.717) is 18.7 Å². The van der Waals surface area contributed by atoms with E-state index in [1.807, 2.05) is 19.0 Å². The maximum atomic E-state index is 13.9. The number of nitrogens with one attached hydrogen (secondary N) is 1. The van der Waals surface area contributed by atoms with Crippen LogP contribution in [0.2, 0.25) is 0 Å². The van der Waals surface area contributed by atoms with Gasteiger partial charge in [0, 0.05) is 32.9 Å². The van der Waals surface area contributed by atoms with Gasteiger partial charge in [-0.3, -0.25) is 0 Å². The van der Waals surface area contributed by atoms with Crippen LogP contribution in [0, 0.1) is 5.82 Å². The fourth-order valence-electron chi connectivity index (χ4n) is 2.26. The summed E-state index contributed by atoms with van der Waals surface area (Å²) >= 11 is 0. The Morgan fingerprint density at radius 2 is 1.83 bits per heavy atom. The Kier molecular flexibility index (Phi) is 8.67. The largest absolute Gasteiger partial charge is 0.354 e. The topological polar surface area (TPSA) is 54.0 Å². The molecule has 1 unspecified atom stereocenters. The summed E-state index contributed by atoms with van der Waals surface area (Å²) in [5, 5.41) is 2.84. The van der Waals surface area contributed by atoms with E-state index in [1.165, 1.54) is 20.3 Å². The van der Waals surface area contributed by atoms with Crippen molar-refractivity contribution in [2.45, 2.75) is 25.8 Å². The predicted octanol–water partition coefficient (Wildman–Crippen LogP) is 1.91. The van der Waals surface area contributed by atoms with Crippen molar-refractivity contribution in [2.75, 3.05) is 41.4 Å². The minimum atomic E-state index is -0.543. The van der Waals surface area contributed by atoms with Crippen LogP contribution in [0.5, 0.6) is 0 Å². The molecule has 0 saturated heterocycles. The molecule has 2 amide bonds. The van der Waals surface area contributed by atoms with E-state index in [-0.39, 0.29) is 24.4 Å². The van der Waals surface area contributed by atoms with Crippen LogP contribution < -0.4 is 5.32 Å². The Morgan fingerprint density at radius 1 is 1.21 bits per heavy atom. The molecule has 0 bridgehead atoms. The zero-order chi connectivity index (χ0) is 18.1. The van der Waals surface area contributed by atoms with Crippen molar-refractivity contribution >= 4 is 6.03 Å². The molecule has 1 atom stereocenters. The molecule has 1 rings (SSSR count). The van der Waals surface area contributed by atoms with Crippen LogP contribution in [0.4, 0.5) is 9.18 Å². The zero-order valence-electron chi connectivity index (χ0n) is 15.1. The molecule has 0 aliphatic rings. The Bertz CT molecular complexity index is 510. The SMILES string of the molecule is COC(OC)C(C)NC(=O)N(CCN(C)C)Cc1ccccc1F. The first-order chi connectivity index (χ1) is 11.4. The fraction of sp³-hybridized carbons (Fsp3) is 0.588. The Morgan fingerprint density at radius 3 is 2.38 bits per heavy atom. The molecule has 0 aliphatic carbocycles. The van der Waals surface area contributed by atoms with Crippen molar-refractivity contribution < 1.29 is 18.7 Å². The predicted molar refractivity (Wildman–Crippen MR) is 91.2 cm³/mol. The van der Waals surface area contributed by atoms with E-state index in [9.17, 15) is 9.18 Å². The number of carbonyl (C=O) groups is 1. The van der Waals surface area contributed by atoms with E-state index >= 15 is 0 Å². The monoisotopic (exact) mass is 341 g/mol. The summed E-state index contributed by atoms with van der Waals surface area (Å²) in [6, 6.07) is 5.84. The third kappa shape index (κ3) is 6.43. The van der Waals surface area contributed by atoms with Crippen molar-refractivity contribution in [3.8, 4) is 0 Å². The van der Waals surface area contributed by atoms with Gasteiger partial charge in [0.1, 0.15) is 5.82 Å². The summed E-state index contributed by atoms with van der Waals surface area (Å²) < 4.78 is 24.2. The van der Waals surface area contributed by atoms with Crippen LogP contribution >= 0.6 is 0 Å². The maximum Gasteiger partial charge on any atom is 0.318 e. The Hall–Kier alpha value is -1.70. The second kappa shape index (κ2) is 10.2. The number of rotatable bonds is 9. The van der Waals surface area contributed by atoms with Gasteiger partial charge >= 0.3 is 6.03 Å². The second-order valence-electron chi connectivity index (χ2n) is 5.89. The van der Waals surface area contributed by atoms with Crippen LogP contribution in [-0.4, -0.2) is 69.6 Å². The standard InChI is InChI=1S/C17H28FN3O3/c1-13(16(23-4)24-5)19-17(22)21(11-10-20(2)3)12-14-8-6-7-9-15(14)18/h6-9,13,16H,10-12H2,1-5H3,(H,19,22). The average molecular weight is 341 g/mol. The van der Waals surface area contributed by atoms with Gasteiger partial charge in [-0.25, -0.2) is 9.18 Å². The number of likely N-dealkylation sites (N-methyl/N-ethyl adjacent to an activating group) is 1. The molecule has 6 nitrogen and oxygen atoms in total. The molecular weight excluding hydrogens is 313 g/mol. The number of benzene rings is 1. The van der Waals surface area contributed by atoms with Crippen molar-refractivity contribution in [1.29, 1.82) is 0 Å². The first kappa shape index (κ1) is 20.3. The molecule has 0 aromatic heterocycles. The van der Waals surface area contributed by atoms with E-state index in [0.717, 1.165) is 0 Å². The molecule has 0 radical (unpaired) electrons. The summed E-state index contributed by atoms with van der Waals surface area (Å²) in [5.74, 6) is -0.320. The molecule has 136 valence electrons. The number of ether oxygens (including phenoxy) is 2. The Balaban J connectivity index is 2.80. The third-order valence-electron chi connectivity index (χ3n) is 3.65. The summed E-state index contributed by atoms with van der Waals surface area (Å²) in [6.45, 7) is 3.14. The minimum absolute atomic E-state index is 0.198. The molecule has 0 spiro atoms. The van der Waals surface area contributed by atoms with Gasteiger partial charge in [0.05, 0.1) is 12.6 Å². The lowest BCUT2D eigenvalue weighted by Crippen LogP contribution is -2.50. The molecular formula is C17H28FN3O3. The molecule has 1 N–H and O–H groups in total. The van der Waals surface area contributed by atoms with Gasteiger partial charge < -0.3 is 24.6 Å². The average Bonchev–Trinajstić information content (AvgIpc) is 2.53. The number of hydrogen-bond acceptors (Lipinski definition) is 4. The van der Waals surface area contributed by atoms with Crippen LogP contribution in [0.15, 0.2) is 24.3 Å². The maximum absolute atomic E-state index is 13.9. The normalized spacial score (nSPS) is 12.5. The van der Waals surface area contributed by atoms with Crippen molar-refractivity contribution in [3.63, 3.8) is 0 Å². The van der Waals surface area contributed by atoms with Crippen molar-refractivity contribution in [1.82, 2.24) is 15.1 Å². The lowest BCUT2D eigenvalue weighted by atomic mass is 10.2. The minimum Gasteiger partial charge on any atom is -0.354 e. The number of nitrogens with zero attached hydrogens (tertiary/aromatic N) is 2. The van der Waals surface area contributed by atoms with Gasteiger partial charge in [0.2, 0.25) is 0 Å². The quantitative estimate of drug-likeness (QED) is 0.697. The molecule has 0 fully saturated rings. The van der Waals surface area contributed by atoms with E-state index in [2.05, 4.69) is 5.32 Å². The Labute approximate surface area is 143 Å². The number of hydrogen-bond donors (Lipinski definition) is 1. The molecule has 1 aromatic rings. The highest BCUT2D eigenvalue weighted by molar-refractivity contribution is 5.74. The molecule has 24 heavy (non-hydrogen) atoms. The first-order valence-electron chi connectivity index (χ1n) is 7.88. The lowest BCUT2D eigenvalue weighted by molar-refractivity contribution is -0.117. The van der Waals surface area contributed by atoms with Crippen molar-refractivity contribution in [2.24, 2.45) is 0 Å². The van der Waals surface area contributed by atoms with Gasteiger partial charge in [-0.1, -0.05) is 18.2 Å². The first-order valence-corrected chi connectivity index (χ1v) is 7.88. The van der Waals surface area contributed by atoms with Gasteiger partial charge in [0.15, 0.2) is 6.29 Å². The smallest absolute Gasteiger partial charge is 0.318 e. The lowest BCUT2D eigenvalue weighted by Gasteiger charge is -2.28. The van der Waals surface area contributed by atoms with Gasteiger partial charge in [-0.05, 0) is 27.1 Å². The number of amides is 2. The molecule has 0 heterocycles. The van der Waals surface area contributed by atoms with E-state index in [4.69, 9.17) is 9.47 Å². The fourth-order valence-corrected chi connectivity index (χ4v) is 2.26. The van der Waals surface area contributed by atoms with Gasteiger partial charge in [-0.2, -0.15) is 0 Å². The number of urea groups is 1.